The van der Waals surface area contributed by atoms with E-state index in [0.717, 1.165) is 11.8 Å². The van der Waals surface area contributed by atoms with Gasteiger partial charge in [-0.05, 0) is 61.2 Å². The Labute approximate surface area is 106 Å². The smallest absolute Gasteiger partial charge is 0.0236 e. The van der Waals surface area contributed by atoms with E-state index in [1.807, 2.05) is 0 Å². The first-order valence-corrected chi connectivity index (χ1v) is 6.83. The van der Waals surface area contributed by atoms with Gasteiger partial charge in [-0.25, -0.2) is 0 Å². The highest BCUT2D eigenvalue weighted by molar-refractivity contribution is 5.43. The third kappa shape index (κ3) is 2.80. The summed E-state index contributed by atoms with van der Waals surface area (Å²) in [4.78, 5) is 0. The van der Waals surface area contributed by atoms with Gasteiger partial charge >= 0.3 is 0 Å². The van der Waals surface area contributed by atoms with Crippen molar-refractivity contribution < 1.29 is 0 Å². The van der Waals surface area contributed by atoms with Crippen LogP contribution in [0.1, 0.15) is 46.5 Å². The summed E-state index contributed by atoms with van der Waals surface area (Å²) in [5.74, 6) is 1.69. The molecule has 0 aromatic carbocycles. The fourth-order valence-corrected chi connectivity index (χ4v) is 2.77. The number of hydrogen-bond acceptors (Lipinski definition) is 0. The first-order chi connectivity index (χ1) is 8.08. The highest BCUT2D eigenvalue weighted by Gasteiger charge is 2.22. The minimum atomic E-state index is 0.814. The Kier molecular flexibility index (Phi) is 3.71. The molecule has 0 spiro atoms. The van der Waals surface area contributed by atoms with Crippen LogP contribution in [0.2, 0.25) is 0 Å². The summed E-state index contributed by atoms with van der Waals surface area (Å²) in [6.45, 7) is 10.8. The van der Waals surface area contributed by atoms with Crippen LogP contribution in [0.5, 0.6) is 0 Å². The van der Waals surface area contributed by atoms with Gasteiger partial charge in [0.15, 0.2) is 0 Å². The molecule has 0 N–H and O–H groups in total. The van der Waals surface area contributed by atoms with Crippen molar-refractivity contribution in [2.45, 2.75) is 46.5 Å². The Hall–Kier alpha value is -1.04. The van der Waals surface area contributed by atoms with Gasteiger partial charge < -0.3 is 0 Å². The van der Waals surface area contributed by atoms with Crippen molar-refractivity contribution in [3.63, 3.8) is 0 Å². The maximum absolute atomic E-state index is 4.02. The molecule has 1 atom stereocenters. The summed E-state index contributed by atoms with van der Waals surface area (Å²) in [6, 6.07) is 0. The lowest BCUT2D eigenvalue weighted by Gasteiger charge is -2.18. The molecule has 0 aromatic rings. The van der Waals surface area contributed by atoms with Crippen molar-refractivity contribution in [2.24, 2.45) is 11.8 Å². The highest BCUT2D eigenvalue weighted by Crippen LogP contribution is 2.37. The van der Waals surface area contributed by atoms with Crippen LogP contribution < -0.4 is 0 Å². The molecule has 0 heterocycles. The molecule has 2 aliphatic carbocycles. The van der Waals surface area contributed by atoms with Crippen LogP contribution in [-0.4, -0.2) is 0 Å². The van der Waals surface area contributed by atoms with Gasteiger partial charge in [0.25, 0.3) is 0 Å². The van der Waals surface area contributed by atoms with E-state index in [1.165, 1.54) is 36.8 Å². The summed E-state index contributed by atoms with van der Waals surface area (Å²) in [5.41, 5.74) is 5.83. The lowest BCUT2D eigenvalue weighted by Crippen LogP contribution is -2.05. The largest absolute Gasteiger partial charge is 0.0958 e. The Morgan fingerprint density at radius 3 is 2.47 bits per heavy atom. The Morgan fingerprint density at radius 2 is 2.00 bits per heavy atom. The van der Waals surface area contributed by atoms with Crippen LogP contribution >= 0.6 is 0 Å². The summed E-state index contributed by atoms with van der Waals surface area (Å²) in [7, 11) is 0. The molecule has 0 radical (unpaired) electrons. The van der Waals surface area contributed by atoms with Gasteiger partial charge in [-0.3, -0.25) is 0 Å². The van der Waals surface area contributed by atoms with E-state index in [-0.39, 0.29) is 0 Å². The third-order valence-corrected chi connectivity index (χ3v) is 4.20. The molecule has 0 bridgehead atoms. The topological polar surface area (TPSA) is 0 Å². The van der Waals surface area contributed by atoms with Crippen LogP contribution in [0, 0.1) is 11.8 Å². The van der Waals surface area contributed by atoms with Crippen molar-refractivity contribution in [1.29, 1.82) is 0 Å². The fourth-order valence-electron chi connectivity index (χ4n) is 2.77. The van der Waals surface area contributed by atoms with Crippen molar-refractivity contribution >= 4 is 0 Å². The second-order valence-electron chi connectivity index (χ2n) is 5.84. The molecule has 0 nitrogen and oxygen atoms in total. The SMILES string of the molecule is C=C(C)C1=CC=C(C2=CCC(C(C)C)C2)CC1. The lowest BCUT2D eigenvalue weighted by atomic mass is 9.87. The van der Waals surface area contributed by atoms with Gasteiger partial charge in [0.1, 0.15) is 0 Å². The molecule has 0 saturated heterocycles. The molecule has 0 aliphatic heterocycles. The molecule has 0 fully saturated rings. The predicted molar refractivity (Wildman–Crippen MR) is 75.9 cm³/mol. The molecule has 0 aromatic heterocycles. The van der Waals surface area contributed by atoms with E-state index >= 15 is 0 Å². The Morgan fingerprint density at radius 1 is 1.24 bits per heavy atom. The molecular weight excluding hydrogens is 204 g/mol. The first kappa shape index (κ1) is 12.4. The van der Waals surface area contributed by atoms with Crippen molar-refractivity contribution in [1.82, 2.24) is 0 Å². The van der Waals surface area contributed by atoms with E-state index in [0.29, 0.717) is 0 Å². The summed E-state index contributed by atoms with van der Waals surface area (Å²) in [6.07, 6.45) is 12.0. The minimum Gasteiger partial charge on any atom is -0.0958 e. The van der Waals surface area contributed by atoms with Crippen LogP contribution in [0.15, 0.2) is 47.1 Å². The second kappa shape index (κ2) is 5.08. The van der Waals surface area contributed by atoms with E-state index in [4.69, 9.17) is 0 Å². The van der Waals surface area contributed by atoms with E-state index in [1.54, 1.807) is 11.1 Å². The van der Waals surface area contributed by atoms with E-state index < -0.39 is 0 Å². The van der Waals surface area contributed by atoms with Crippen LogP contribution in [0.3, 0.4) is 0 Å². The van der Waals surface area contributed by atoms with Gasteiger partial charge in [-0.1, -0.05) is 44.2 Å². The molecule has 0 heteroatoms. The normalized spacial score (nSPS) is 24.5. The summed E-state index contributed by atoms with van der Waals surface area (Å²) >= 11 is 0. The highest BCUT2D eigenvalue weighted by atomic mass is 14.3. The van der Waals surface area contributed by atoms with Gasteiger partial charge in [0.2, 0.25) is 0 Å². The molecule has 2 aliphatic rings. The Balaban J connectivity index is 2.04. The van der Waals surface area contributed by atoms with Gasteiger partial charge in [0.05, 0.1) is 0 Å². The predicted octanol–water partition coefficient (Wildman–Crippen LogP) is 5.20. The fraction of sp³-hybridized carbons (Fsp3) is 0.529. The van der Waals surface area contributed by atoms with Gasteiger partial charge in [-0.15, -0.1) is 0 Å². The molecule has 92 valence electrons. The van der Waals surface area contributed by atoms with Crippen molar-refractivity contribution in [3.05, 3.63) is 47.1 Å². The second-order valence-corrected chi connectivity index (χ2v) is 5.84. The van der Waals surface area contributed by atoms with Crippen molar-refractivity contribution in [3.8, 4) is 0 Å². The molecule has 2 rings (SSSR count). The number of rotatable bonds is 3. The van der Waals surface area contributed by atoms with Gasteiger partial charge in [-0.2, -0.15) is 0 Å². The zero-order valence-corrected chi connectivity index (χ0v) is 11.4. The summed E-state index contributed by atoms with van der Waals surface area (Å²) in [5, 5.41) is 0. The maximum atomic E-state index is 4.02. The zero-order chi connectivity index (χ0) is 12.4. The number of hydrogen-bond donors (Lipinski definition) is 0. The average Bonchev–Trinajstić information content (AvgIpc) is 2.78. The van der Waals surface area contributed by atoms with Crippen LogP contribution in [0.4, 0.5) is 0 Å². The Bertz CT molecular complexity index is 402. The minimum absolute atomic E-state index is 0.814. The van der Waals surface area contributed by atoms with Crippen LogP contribution in [-0.2, 0) is 0 Å². The standard InChI is InChI=1S/C17H24/c1-12(2)14-5-7-15(8-6-14)17-10-9-16(11-17)13(3)4/h5,7,10,13,16H,1,6,8-9,11H2,2-4H3. The molecule has 0 amide bonds. The monoisotopic (exact) mass is 228 g/mol. The van der Waals surface area contributed by atoms with Crippen LogP contribution in [0.25, 0.3) is 0 Å². The lowest BCUT2D eigenvalue weighted by molar-refractivity contribution is 0.405. The molecule has 0 saturated carbocycles. The zero-order valence-electron chi connectivity index (χ0n) is 11.4. The number of allylic oxidation sites excluding steroid dienone is 7. The third-order valence-electron chi connectivity index (χ3n) is 4.20. The first-order valence-electron chi connectivity index (χ1n) is 6.83. The van der Waals surface area contributed by atoms with Gasteiger partial charge in [0, 0.05) is 0 Å². The van der Waals surface area contributed by atoms with Crippen molar-refractivity contribution in [2.75, 3.05) is 0 Å². The maximum Gasteiger partial charge on any atom is -0.0236 e. The molecule has 1 unspecified atom stereocenters. The van der Waals surface area contributed by atoms with E-state index in [2.05, 4.69) is 45.6 Å². The molecule has 17 heavy (non-hydrogen) atoms. The van der Waals surface area contributed by atoms with E-state index in [9.17, 15) is 0 Å². The average molecular weight is 228 g/mol. The molecular formula is C17H24. The quantitative estimate of drug-likeness (QED) is 0.622. The summed E-state index contributed by atoms with van der Waals surface area (Å²) < 4.78 is 0.